The lowest BCUT2D eigenvalue weighted by molar-refractivity contribution is -0.131. The van der Waals surface area contributed by atoms with Gasteiger partial charge in [0.05, 0.1) is 46.5 Å². The number of anilines is 2. The number of H-pyrrole nitrogens is 1. The number of rotatable bonds is 8. The molecule has 1 saturated carbocycles. The van der Waals surface area contributed by atoms with Crippen molar-refractivity contribution in [2.75, 3.05) is 25.6 Å². The number of allylic oxidation sites excluding steroid dienone is 1. The minimum absolute atomic E-state index is 0.00269. The monoisotopic (exact) mass is 616 g/mol. The first kappa shape index (κ1) is 31.9. The van der Waals surface area contributed by atoms with Crippen LogP contribution in [0.1, 0.15) is 67.8 Å². The van der Waals surface area contributed by atoms with Crippen LogP contribution in [0.25, 0.3) is 6.08 Å². The molecule has 1 aliphatic heterocycles. The maximum atomic E-state index is 15.1. The predicted molar refractivity (Wildman–Crippen MR) is 167 cm³/mol. The SMILES string of the molecule is CC(=O)N(C)C1C(C)CC(c2ccncc2Nc2ncc(/C=C\C(=N)c3c(F)cc(C4(C#N)CCOCC4)cc3F)[nH]2)CC1N. The number of aromatic amines is 1. The van der Waals surface area contributed by atoms with Crippen LogP contribution in [0, 0.1) is 34.3 Å². The summed E-state index contributed by atoms with van der Waals surface area (Å²) in [7, 11) is 1.80. The van der Waals surface area contributed by atoms with Gasteiger partial charge in [-0.1, -0.05) is 6.92 Å². The summed E-state index contributed by atoms with van der Waals surface area (Å²) in [6.07, 6.45) is 10.1. The highest BCUT2D eigenvalue weighted by molar-refractivity contribution is 6.09. The Labute approximate surface area is 261 Å². The maximum absolute atomic E-state index is 15.1. The van der Waals surface area contributed by atoms with Crippen molar-refractivity contribution >= 4 is 29.3 Å². The molecule has 10 nitrogen and oxygen atoms in total. The van der Waals surface area contributed by atoms with Gasteiger partial charge in [-0.15, -0.1) is 0 Å². The van der Waals surface area contributed by atoms with Crippen molar-refractivity contribution in [1.82, 2.24) is 19.9 Å². The van der Waals surface area contributed by atoms with Crippen LogP contribution in [0.2, 0.25) is 0 Å². The van der Waals surface area contributed by atoms with Crippen molar-refractivity contribution in [3.05, 3.63) is 76.9 Å². The number of carbonyl (C=O) groups excluding carboxylic acids is 1. The standard InChI is InChI=1S/C33H38F2N8O2/c1-19-12-21(13-28(38)31(19)43(3)20(2)44)24-6-9-39-17-29(24)42-32-40-16-23(41-32)4-5-27(37)30-25(34)14-22(15-26(30)35)33(18-36)7-10-45-11-8-33/h4-6,9,14-17,19,21,28,31,37H,7-8,10-13,38H2,1-3H3,(H2,40,41,42)/b5-4-,37-27?. The molecule has 1 amide bonds. The van der Waals surface area contributed by atoms with Gasteiger partial charge < -0.3 is 31.1 Å². The third-order valence-electron chi connectivity index (χ3n) is 9.18. The highest BCUT2D eigenvalue weighted by Gasteiger charge is 2.38. The Hall–Kier alpha value is -4.47. The number of likely N-dealkylation sites (N-methyl/N-ethyl adjacent to an activating group) is 1. The Morgan fingerprint density at radius 2 is 1.98 bits per heavy atom. The number of nitrogens with two attached hydrogens (primary N) is 1. The van der Waals surface area contributed by atoms with Gasteiger partial charge in [0.1, 0.15) is 11.6 Å². The zero-order valence-corrected chi connectivity index (χ0v) is 25.6. The second kappa shape index (κ2) is 13.3. The molecule has 5 N–H and O–H groups in total. The van der Waals surface area contributed by atoms with Gasteiger partial charge in [0.2, 0.25) is 11.9 Å². The number of pyridine rings is 1. The van der Waals surface area contributed by atoms with E-state index in [0.717, 1.165) is 29.8 Å². The number of carbonyl (C=O) groups is 1. The van der Waals surface area contributed by atoms with Crippen molar-refractivity contribution in [2.45, 2.75) is 62.9 Å². The number of nitriles is 1. The molecule has 0 spiro atoms. The quantitative estimate of drug-likeness (QED) is 0.255. The second-order valence-corrected chi connectivity index (χ2v) is 12.1. The summed E-state index contributed by atoms with van der Waals surface area (Å²) in [5, 5.41) is 21.4. The number of aromatic nitrogens is 3. The first-order chi connectivity index (χ1) is 21.5. The van der Waals surface area contributed by atoms with Gasteiger partial charge >= 0.3 is 0 Å². The van der Waals surface area contributed by atoms with Crippen molar-refractivity contribution in [3.63, 3.8) is 0 Å². The average Bonchev–Trinajstić information content (AvgIpc) is 3.47. The molecule has 1 aliphatic carbocycles. The molecule has 2 aliphatic rings. The molecule has 1 saturated heterocycles. The number of hydrogen-bond donors (Lipinski definition) is 4. The van der Waals surface area contributed by atoms with Crippen molar-refractivity contribution < 1.29 is 18.3 Å². The molecule has 1 aromatic carbocycles. The molecule has 4 unspecified atom stereocenters. The molecule has 2 fully saturated rings. The smallest absolute Gasteiger partial charge is 0.219 e. The first-order valence-corrected chi connectivity index (χ1v) is 15.0. The average molecular weight is 617 g/mol. The Morgan fingerprint density at radius 1 is 1.27 bits per heavy atom. The molecule has 236 valence electrons. The van der Waals surface area contributed by atoms with Gasteiger partial charge in [0, 0.05) is 45.5 Å². The number of ether oxygens (including phenoxy) is 1. The van der Waals surface area contributed by atoms with Crippen molar-refractivity contribution in [1.29, 1.82) is 10.7 Å². The molecule has 45 heavy (non-hydrogen) atoms. The highest BCUT2D eigenvalue weighted by atomic mass is 19.1. The summed E-state index contributed by atoms with van der Waals surface area (Å²) in [4.78, 5) is 25.5. The third-order valence-corrected chi connectivity index (χ3v) is 9.18. The second-order valence-electron chi connectivity index (χ2n) is 12.1. The molecule has 12 heteroatoms. The number of benzene rings is 1. The fourth-order valence-corrected chi connectivity index (χ4v) is 6.73. The van der Waals surface area contributed by atoms with Gasteiger partial charge in [-0.3, -0.25) is 9.78 Å². The van der Waals surface area contributed by atoms with Gasteiger partial charge in [0.15, 0.2) is 0 Å². The summed E-state index contributed by atoms with van der Waals surface area (Å²) >= 11 is 0. The van der Waals surface area contributed by atoms with E-state index in [9.17, 15) is 10.1 Å². The summed E-state index contributed by atoms with van der Waals surface area (Å²) in [5.74, 6) is -1.02. The van der Waals surface area contributed by atoms with Crippen LogP contribution in [0.4, 0.5) is 20.4 Å². The van der Waals surface area contributed by atoms with Crippen molar-refractivity contribution in [3.8, 4) is 6.07 Å². The molecule has 3 heterocycles. The van der Waals surface area contributed by atoms with E-state index in [1.165, 1.54) is 12.2 Å². The molecule has 5 rings (SSSR count). The molecule has 4 atom stereocenters. The van der Waals surface area contributed by atoms with E-state index in [-0.39, 0.29) is 41.1 Å². The van der Waals surface area contributed by atoms with Gasteiger partial charge in [-0.05, 0) is 79.0 Å². The van der Waals surface area contributed by atoms with Crippen LogP contribution in [-0.2, 0) is 14.9 Å². The van der Waals surface area contributed by atoms with E-state index in [1.54, 1.807) is 37.5 Å². The molecule has 0 radical (unpaired) electrons. The number of nitrogens with zero attached hydrogens (tertiary/aromatic N) is 4. The van der Waals surface area contributed by atoms with Gasteiger partial charge in [-0.2, -0.15) is 5.26 Å². The van der Waals surface area contributed by atoms with Gasteiger partial charge in [-0.25, -0.2) is 13.8 Å². The Kier molecular flexibility index (Phi) is 9.41. The molecule has 0 bridgehead atoms. The Bertz CT molecular complexity index is 1610. The lowest BCUT2D eigenvalue weighted by Crippen LogP contribution is -2.54. The number of nitrogens with one attached hydrogen (secondary N) is 3. The number of imidazole rings is 1. The summed E-state index contributed by atoms with van der Waals surface area (Å²) < 4.78 is 35.6. The van der Waals surface area contributed by atoms with Crippen LogP contribution >= 0.6 is 0 Å². The fourth-order valence-electron chi connectivity index (χ4n) is 6.73. The summed E-state index contributed by atoms with van der Waals surface area (Å²) in [5.41, 5.74) is 7.32. The molecule has 2 aromatic heterocycles. The van der Waals surface area contributed by atoms with E-state index in [1.807, 2.05) is 6.07 Å². The summed E-state index contributed by atoms with van der Waals surface area (Å²) in [6.45, 7) is 4.36. The van der Waals surface area contributed by atoms with Crippen LogP contribution in [0.15, 0.2) is 42.9 Å². The van der Waals surface area contributed by atoms with E-state index < -0.39 is 22.6 Å². The normalized spacial score (nSPS) is 23.0. The van der Waals surface area contributed by atoms with Crippen LogP contribution in [0.5, 0.6) is 0 Å². The van der Waals surface area contributed by atoms with Crippen LogP contribution in [-0.4, -0.2) is 63.8 Å². The third kappa shape index (κ3) is 6.65. The summed E-state index contributed by atoms with van der Waals surface area (Å²) in [6, 6.07) is 6.28. The first-order valence-electron chi connectivity index (χ1n) is 15.0. The zero-order valence-electron chi connectivity index (χ0n) is 25.6. The predicted octanol–water partition coefficient (Wildman–Crippen LogP) is 5.17. The zero-order chi connectivity index (χ0) is 32.3. The van der Waals surface area contributed by atoms with Crippen molar-refractivity contribution in [2.24, 2.45) is 11.7 Å². The van der Waals surface area contributed by atoms with Crippen LogP contribution in [0.3, 0.4) is 0 Å². The Morgan fingerprint density at radius 3 is 2.62 bits per heavy atom. The molecule has 3 aromatic rings. The fraction of sp³-hybridized carbons (Fsp3) is 0.424. The number of hydrogen-bond acceptors (Lipinski definition) is 8. The van der Waals surface area contributed by atoms with E-state index >= 15 is 8.78 Å². The minimum atomic E-state index is -1.01. The topological polar surface area (TPSA) is 157 Å². The number of amides is 1. The van der Waals surface area contributed by atoms with E-state index in [4.69, 9.17) is 15.9 Å². The van der Waals surface area contributed by atoms with E-state index in [2.05, 4.69) is 33.3 Å². The Balaban J connectivity index is 1.28. The minimum Gasteiger partial charge on any atom is -0.381 e. The number of halogens is 2. The molecular weight excluding hydrogens is 578 g/mol. The lowest BCUT2D eigenvalue weighted by atomic mass is 9.73. The largest absolute Gasteiger partial charge is 0.381 e. The lowest BCUT2D eigenvalue weighted by Gasteiger charge is -2.43. The van der Waals surface area contributed by atoms with Gasteiger partial charge in [0.25, 0.3) is 0 Å². The van der Waals surface area contributed by atoms with Crippen LogP contribution < -0.4 is 11.1 Å². The highest BCUT2D eigenvalue weighted by Crippen LogP contribution is 2.40. The molecular formula is C33H38F2N8O2. The maximum Gasteiger partial charge on any atom is 0.219 e. The van der Waals surface area contributed by atoms with E-state index in [0.29, 0.717) is 44.1 Å².